The summed E-state index contributed by atoms with van der Waals surface area (Å²) in [6.45, 7) is 5.15. The molecule has 0 unspecified atom stereocenters. The van der Waals surface area contributed by atoms with Gasteiger partial charge in [0, 0.05) is 17.6 Å². The second-order valence-electron chi connectivity index (χ2n) is 6.31. The number of pyridine rings is 1. The first kappa shape index (κ1) is 13.9. The molecule has 1 saturated carbocycles. The van der Waals surface area contributed by atoms with Gasteiger partial charge < -0.3 is 11.1 Å². The van der Waals surface area contributed by atoms with E-state index in [4.69, 9.17) is 5.73 Å². The van der Waals surface area contributed by atoms with Crippen LogP contribution in [0.5, 0.6) is 0 Å². The Morgan fingerprint density at radius 2 is 2.10 bits per heavy atom. The first-order valence-corrected chi connectivity index (χ1v) is 7.45. The summed E-state index contributed by atoms with van der Waals surface area (Å²) in [4.78, 5) is 16.7. The summed E-state index contributed by atoms with van der Waals surface area (Å²) in [7, 11) is 0. The van der Waals surface area contributed by atoms with Gasteiger partial charge in [0.25, 0.3) is 5.91 Å². The number of aromatic nitrogens is 1. The van der Waals surface area contributed by atoms with Crippen LogP contribution in [-0.4, -0.2) is 17.4 Å². The number of anilines is 1. The zero-order valence-corrected chi connectivity index (χ0v) is 12.5. The van der Waals surface area contributed by atoms with E-state index in [2.05, 4.69) is 24.1 Å². The summed E-state index contributed by atoms with van der Waals surface area (Å²) in [5.41, 5.74) is 8.05. The third kappa shape index (κ3) is 2.58. The van der Waals surface area contributed by atoms with E-state index in [9.17, 15) is 4.79 Å². The standard InChI is InChI=1S/C17H21N3O/c1-11(2)17(7-8-17)10-19-16(21)15-9-13(18)12-5-3-4-6-14(12)20-15/h3-6,9,11H,7-8,10H2,1-2H3,(H2,18,20)(H,19,21). The van der Waals surface area contributed by atoms with Crippen molar-refractivity contribution in [2.75, 3.05) is 12.3 Å². The summed E-state index contributed by atoms with van der Waals surface area (Å²) < 4.78 is 0. The highest BCUT2D eigenvalue weighted by molar-refractivity contribution is 5.99. The van der Waals surface area contributed by atoms with E-state index in [1.807, 2.05) is 24.3 Å². The number of para-hydroxylation sites is 1. The largest absolute Gasteiger partial charge is 0.398 e. The first-order chi connectivity index (χ1) is 10.0. The van der Waals surface area contributed by atoms with Gasteiger partial charge in [-0.05, 0) is 36.3 Å². The van der Waals surface area contributed by atoms with Crippen molar-refractivity contribution < 1.29 is 4.79 Å². The molecule has 0 bridgehead atoms. The maximum absolute atomic E-state index is 12.3. The highest BCUT2D eigenvalue weighted by Gasteiger charge is 2.45. The lowest BCUT2D eigenvalue weighted by Gasteiger charge is -2.19. The molecule has 2 aromatic rings. The first-order valence-electron chi connectivity index (χ1n) is 7.45. The van der Waals surface area contributed by atoms with Crippen molar-refractivity contribution in [3.63, 3.8) is 0 Å². The SMILES string of the molecule is CC(C)C1(CNC(=O)c2cc(N)c3ccccc3n2)CC1. The Morgan fingerprint density at radius 1 is 1.38 bits per heavy atom. The second-order valence-corrected chi connectivity index (χ2v) is 6.31. The van der Waals surface area contributed by atoms with E-state index < -0.39 is 0 Å². The van der Waals surface area contributed by atoms with E-state index in [0.717, 1.165) is 17.4 Å². The minimum Gasteiger partial charge on any atom is -0.398 e. The van der Waals surface area contributed by atoms with Gasteiger partial charge in [0.2, 0.25) is 0 Å². The van der Waals surface area contributed by atoms with Crippen LogP contribution in [-0.2, 0) is 0 Å². The number of nitrogens with two attached hydrogens (primary N) is 1. The summed E-state index contributed by atoms with van der Waals surface area (Å²) >= 11 is 0. The number of fused-ring (bicyclic) bond motifs is 1. The molecule has 3 rings (SSSR count). The lowest BCUT2D eigenvalue weighted by atomic mass is 9.92. The maximum Gasteiger partial charge on any atom is 0.270 e. The van der Waals surface area contributed by atoms with Crippen LogP contribution in [0, 0.1) is 11.3 Å². The summed E-state index contributed by atoms with van der Waals surface area (Å²) in [6.07, 6.45) is 2.39. The van der Waals surface area contributed by atoms with Gasteiger partial charge in [0.15, 0.2) is 0 Å². The van der Waals surface area contributed by atoms with Crippen LogP contribution < -0.4 is 11.1 Å². The fourth-order valence-corrected chi connectivity index (χ4v) is 2.78. The topological polar surface area (TPSA) is 68.0 Å². The molecule has 1 fully saturated rings. The molecule has 0 saturated heterocycles. The predicted molar refractivity (Wildman–Crippen MR) is 85.0 cm³/mol. The van der Waals surface area contributed by atoms with Gasteiger partial charge >= 0.3 is 0 Å². The van der Waals surface area contributed by atoms with Crippen LogP contribution in [0.4, 0.5) is 5.69 Å². The number of rotatable bonds is 4. The van der Waals surface area contributed by atoms with Gasteiger partial charge in [0.1, 0.15) is 5.69 Å². The van der Waals surface area contributed by atoms with Gasteiger partial charge in [-0.1, -0.05) is 32.0 Å². The molecule has 21 heavy (non-hydrogen) atoms. The number of carbonyl (C=O) groups excluding carboxylic acids is 1. The fraction of sp³-hybridized carbons (Fsp3) is 0.412. The van der Waals surface area contributed by atoms with Crippen LogP contribution in [0.2, 0.25) is 0 Å². The minimum atomic E-state index is -0.139. The molecule has 1 aliphatic carbocycles. The summed E-state index contributed by atoms with van der Waals surface area (Å²) in [5, 5.41) is 3.90. The molecule has 1 aliphatic rings. The molecule has 1 heterocycles. The van der Waals surface area contributed by atoms with Gasteiger partial charge in [-0.15, -0.1) is 0 Å². The van der Waals surface area contributed by atoms with E-state index in [0.29, 0.717) is 17.3 Å². The number of nitrogen functional groups attached to an aromatic ring is 1. The molecule has 4 nitrogen and oxygen atoms in total. The van der Waals surface area contributed by atoms with Crippen molar-refractivity contribution in [1.82, 2.24) is 10.3 Å². The number of carbonyl (C=O) groups is 1. The average Bonchev–Trinajstić information content (AvgIpc) is 3.26. The smallest absolute Gasteiger partial charge is 0.270 e. The van der Waals surface area contributed by atoms with E-state index >= 15 is 0 Å². The number of amides is 1. The van der Waals surface area contributed by atoms with Crippen molar-refractivity contribution >= 4 is 22.5 Å². The molecule has 1 amide bonds. The predicted octanol–water partition coefficient (Wildman–Crippen LogP) is 2.98. The number of benzene rings is 1. The molecule has 0 spiro atoms. The van der Waals surface area contributed by atoms with Crippen LogP contribution in [0.15, 0.2) is 30.3 Å². The Hall–Kier alpha value is -2.10. The second kappa shape index (κ2) is 5.02. The third-order valence-electron chi connectivity index (χ3n) is 4.70. The van der Waals surface area contributed by atoms with Crippen LogP contribution in [0.3, 0.4) is 0 Å². The molecule has 1 aromatic heterocycles. The van der Waals surface area contributed by atoms with Crippen LogP contribution >= 0.6 is 0 Å². The van der Waals surface area contributed by atoms with E-state index in [1.54, 1.807) is 6.07 Å². The quantitative estimate of drug-likeness (QED) is 0.906. The van der Waals surface area contributed by atoms with Crippen LogP contribution in [0.1, 0.15) is 37.2 Å². The molecule has 0 radical (unpaired) electrons. The molecule has 3 N–H and O–H groups in total. The fourth-order valence-electron chi connectivity index (χ4n) is 2.78. The third-order valence-corrected chi connectivity index (χ3v) is 4.70. The molecule has 0 aliphatic heterocycles. The molecule has 110 valence electrons. The maximum atomic E-state index is 12.3. The zero-order chi connectivity index (χ0) is 15.0. The molecular weight excluding hydrogens is 262 g/mol. The minimum absolute atomic E-state index is 0.139. The van der Waals surface area contributed by atoms with E-state index in [-0.39, 0.29) is 11.3 Å². The van der Waals surface area contributed by atoms with Crippen molar-refractivity contribution in [1.29, 1.82) is 0 Å². The number of nitrogens with one attached hydrogen (secondary N) is 1. The van der Waals surface area contributed by atoms with Crippen molar-refractivity contribution in [2.45, 2.75) is 26.7 Å². The average molecular weight is 283 g/mol. The lowest BCUT2D eigenvalue weighted by molar-refractivity contribution is 0.0935. The van der Waals surface area contributed by atoms with E-state index in [1.165, 1.54) is 12.8 Å². The summed E-state index contributed by atoms with van der Waals surface area (Å²) in [6, 6.07) is 9.26. The van der Waals surface area contributed by atoms with Gasteiger partial charge in [-0.25, -0.2) is 4.98 Å². The molecular formula is C17H21N3O. The Kier molecular flexibility index (Phi) is 3.32. The highest BCUT2D eigenvalue weighted by Crippen LogP contribution is 2.51. The monoisotopic (exact) mass is 283 g/mol. The molecule has 4 heteroatoms. The van der Waals surface area contributed by atoms with Crippen LogP contribution in [0.25, 0.3) is 10.9 Å². The lowest BCUT2D eigenvalue weighted by Crippen LogP contribution is -2.33. The number of hydrogen-bond acceptors (Lipinski definition) is 3. The number of hydrogen-bond donors (Lipinski definition) is 2. The Bertz CT molecular complexity index is 689. The Morgan fingerprint density at radius 3 is 2.76 bits per heavy atom. The van der Waals surface area contributed by atoms with Crippen molar-refractivity contribution in [3.05, 3.63) is 36.0 Å². The Labute approximate surface area is 124 Å². The van der Waals surface area contributed by atoms with Gasteiger partial charge in [-0.3, -0.25) is 4.79 Å². The van der Waals surface area contributed by atoms with Gasteiger partial charge in [0.05, 0.1) is 5.52 Å². The normalized spacial score (nSPS) is 16.1. The summed E-state index contributed by atoms with van der Waals surface area (Å²) in [5.74, 6) is 0.451. The highest BCUT2D eigenvalue weighted by atomic mass is 16.1. The Balaban J connectivity index is 1.79. The van der Waals surface area contributed by atoms with Crippen molar-refractivity contribution in [2.24, 2.45) is 11.3 Å². The zero-order valence-electron chi connectivity index (χ0n) is 12.5. The molecule has 0 atom stereocenters. The van der Waals surface area contributed by atoms with Gasteiger partial charge in [-0.2, -0.15) is 0 Å². The van der Waals surface area contributed by atoms with Crippen molar-refractivity contribution in [3.8, 4) is 0 Å². The molecule has 1 aromatic carbocycles. The number of nitrogens with zero attached hydrogens (tertiary/aromatic N) is 1.